The minimum Gasteiger partial charge on any atom is -0.351 e. The quantitative estimate of drug-likeness (QED) is 0.272. The minimum absolute atomic E-state index is 0.0396. The number of hydrogen-bond donors (Lipinski definition) is 1. The van der Waals surface area contributed by atoms with Gasteiger partial charge < -0.3 is 14.8 Å². The van der Waals surface area contributed by atoms with Crippen LogP contribution in [0.3, 0.4) is 0 Å². The molecule has 0 spiro atoms. The summed E-state index contributed by atoms with van der Waals surface area (Å²) in [4.78, 5) is 6.97. The Labute approximate surface area is 221 Å². The zero-order chi connectivity index (χ0) is 24.9. The number of rotatable bonds is 4. The molecule has 0 aliphatic carbocycles. The van der Waals surface area contributed by atoms with Crippen molar-refractivity contribution in [2.24, 2.45) is 0 Å². The van der Waals surface area contributed by atoms with E-state index in [0.717, 1.165) is 15.9 Å². The van der Waals surface area contributed by atoms with Crippen LogP contribution >= 0.6 is 28.1 Å². The number of halogens is 1. The molecule has 178 valence electrons. The Balaban J connectivity index is 1.72. The fourth-order valence-electron chi connectivity index (χ4n) is 5.32. The largest absolute Gasteiger partial charge is 0.351 e. The normalized spacial score (nSPS) is 17.7. The van der Waals surface area contributed by atoms with Crippen molar-refractivity contribution in [2.75, 3.05) is 4.90 Å². The van der Waals surface area contributed by atoms with Crippen LogP contribution in [0.4, 0.5) is 5.69 Å². The molecule has 3 heterocycles. The number of nitrogens with one attached hydrogen (secondary N) is 1. The third-order valence-electron chi connectivity index (χ3n) is 6.97. The van der Waals surface area contributed by atoms with Gasteiger partial charge in [0.15, 0.2) is 5.11 Å². The first-order valence-corrected chi connectivity index (χ1v) is 13.0. The molecule has 1 aliphatic rings. The molecule has 1 aliphatic heterocycles. The van der Waals surface area contributed by atoms with Gasteiger partial charge >= 0.3 is 0 Å². The van der Waals surface area contributed by atoms with Crippen LogP contribution in [0.1, 0.15) is 51.4 Å². The van der Waals surface area contributed by atoms with Crippen molar-refractivity contribution >= 4 is 38.9 Å². The molecule has 0 saturated carbocycles. The van der Waals surface area contributed by atoms with Gasteiger partial charge in [0.1, 0.15) is 0 Å². The second kappa shape index (κ2) is 9.25. The molecule has 2 atom stereocenters. The van der Waals surface area contributed by atoms with Gasteiger partial charge in [0, 0.05) is 27.7 Å². The first kappa shape index (κ1) is 23.8. The van der Waals surface area contributed by atoms with Gasteiger partial charge in [-0.3, -0.25) is 4.98 Å². The molecule has 0 bridgehead atoms. The summed E-state index contributed by atoms with van der Waals surface area (Å²) >= 11 is 9.58. The molecule has 35 heavy (non-hydrogen) atoms. The summed E-state index contributed by atoms with van der Waals surface area (Å²) in [5.74, 6) is 0. The number of aromatic nitrogens is 2. The van der Waals surface area contributed by atoms with Gasteiger partial charge in [-0.25, -0.2) is 0 Å². The van der Waals surface area contributed by atoms with Crippen LogP contribution in [0.5, 0.6) is 0 Å². The number of anilines is 1. The Bertz CT molecular complexity index is 1410. The summed E-state index contributed by atoms with van der Waals surface area (Å²) in [6.45, 7) is 10.9. The van der Waals surface area contributed by atoms with E-state index in [4.69, 9.17) is 17.2 Å². The van der Waals surface area contributed by atoms with Crippen LogP contribution in [-0.4, -0.2) is 14.7 Å². The first-order chi connectivity index (χ1) is 16.8. The van der Waals surface area contributed by atoms with E-state index >= 15 is 0 Å². The lowest BCUT2D eigenvalue weighted by molar-refractivity contribution is 0.565. The Morgan fingerprint density at radius 3 is 2.29 bits per heavy atom. The summed E-state index contributed by atoms with van der Waals surface area (Å²) in [6.07, 6.45) is 1.85. The summed E-state index contributed by atoms with van der Waals surface area (Å²) < 4.78 is 3.48. The van der Waals surface area contributed by atoms with E-state index in [-0.39, 0.29) is 12.1 Å². The lowest BCUT2D eigenvalue weighted by Crippen LogP contribution is -2.29. The summed E-state index contributed by atoms with van der Waals surface area (Å²) in [5.41, 5.74) is 10.7. The van der Waals surface area contributed by atoms with Crippen LogP contribution < -0.4 is 10.2 Å². The van der Waals surface area contributed by atoms with Crippen LogP contribution in [0.15, 0.2) is 71.3 Å². The molecule has 1 saturated heterocycles. The van der Waals surface area contributed by atoms with Crippen molar-refractivity contribution in [1.29, 1.82) is 0 Å². The second-order valence-corrected chi connectivity index (χ2v) is 10.6. The summed E-state index contributed by atoms with van der Waals surface area (Å²) in [5, 5.41) is 4.31. The third kappa shape index (κ3) is 4.09. The van der Waals surface area contributed by atoms with Gasteiger partial charge in [-0.1, -0.05) is 40.2 Å². The second-order valence-electron chi connectivity index (χ2n) is 9.33. The van der Waals surface area contributed by atoms with E-state index in [1.807, 2.05) is 18.3 Å². The molecular weight excluding hydrogens is 516 g/mol. The highest BCUT2D eigenvalue weighted by molar-refractivity contribution is 9.10. The molecule has 5 rings (SSSR count). The fraction of sp³-hybridized carbons (Fsp3) is 0.241. The molecule has 2 aromatic heterocycles. The fourth-order valence-corrected chi connectivity index (χ4v) is 5.91. The average molecular weight is 546 g/mol. The van der Waals surface area contributed by atoms with Crippen molar-refractivity contribution in [3.05, 3.63) is 111 Å². The van der Waals surface area contributed by atoms with Crippen molar-refractivity contribution in [3.63, 3.8) is 0 Å². The number of pyridine rings is 1. The predicted molar refractivity (Wildman–Crippen MR) is 152 cm³/mol. The maximum Gasteiger partial charge on any atom is 0.174 e. The van der Waals surface area contributed by atoms with Crippen molar-refractivity contribution in [2.45, 2.75) is 46.7 Å². The van der Waals surface area contributed by atoms with E-state index in [1.165, 1.54) is 39.3 Å². The molecule has 1 N–H and O–H groups in total. The van der Waals surface area contributed by atoms with Gasteiger partial charge in [-0.05, 0) is 105 Å². The summed E-state index contributed by atoms with van der Waals surface area (Å²) in [6, 6.07) is 21.2. The molecule has 1 fully saturated rings. The van der Waals surface area contributed by atoms with Crippen molar-refractivity contribution in [1.82, 2.24) is 14.9 Å². The molecule has 0 radical (unpaired) electrons. The number of para-hydroxylation sites is 1. The zero-order valence-corrected chi connectivity index (χ0v) is 23.0. The van der Waals surface area contributed by atoms with E-state index in [0.29, 0.717) is 5.11 Å². The van der Waals surface area contributed by atoms with E-state index in [9.17, 15) is 0 Å². The Morgan fingerprint density at radius 1 is 0.886 bits per heavy atom. The zero-order valence-electron chi connectivity index (χ0n) is 20.6. The maximum absolute atomic E-state index is 5.94. The Kier molecular flexibility index (Phi) is 6.28. The average Bonchev–Trinajstić information content (AvgIpc) is 3.32. The van der Waals surface area contributed by atoms with Crippen molar-refractivity contribution < 1.29 is 0 Å². The van der Waals surface area contributed by atoms with Gasteiger partial charge in [-0.2, -0.15) is 0 Å². The molecule has 0 unspecified atom stereocenters. The molecule has 4 nitrogen and oxygen atoms in total. The smallest absolute Gasteiger partial charge is 0.174 e. The van der Waals surface area contributed by atoms with Crippen molar-refractivity contribution in [3.8, 4) is 5.69 Å². The highest BCUT2D eigenvalue weighted by atomic mass is 79.9. The van der Waals surface area contributed by atoms with Crippen LogP contribution in [0, 0.1) is 34.6 Å². The number of nitrogens with zero attached hydrogens (tertiary/aromatic N) is 3. The highest BCUT2D eigenvalue weighted by Crippen LogP contribution is 2.44. The molecule has 2 aromatic carbocycles. The highest BCUT2D eigenvalue weighted by Gasteiger charge is 2.42. The number of benzene rings is 2. The Morgan fingerprint density at radius 2 is 1.63 bits per heavy atom. The van der Waals surface area contributed by atoms with Gasteiger partial charge in [-0.15, -0.1) is 0 Å². The predicted octanol–water partition coefficient (Wildman–Crippen LogP) is 7.35. The van der Waals surface area contributed by atoms with Crippen LogP contribution in [0.25, 0.3) is 5.69 Å². The molecule has 6 heteroatoms. The standard InChI is InChI=1S/C29H29BrN4S/c1-17-9-8-10-18(2)27(17)33-20(4)16-23(21(33)5)28-26(25-11-6-7-14-31-25)32-29(35)34(28)22-12-13-24(30)19(3)15-22/h6-16,26,28H,1-5H3,(H,32,35)/t26-,28-/m0/s1. The SMILES string of the molecule is Cc1cc(N2C(=S)N[C@@H](c3ccccn3)[C@@H]2c2cc(C)n(-c3c(C)cccc3C)c2C)ccc1Br. The first-order valence-electron chi connectivity index (χ1n) is 11.8. The van der Waals surface area contributed by atoms with E-state index in [2.05, 4.69) is 114 Å². The summed E-state index contributed by atoms with van der Waals surface area (Å²) in [7, 11) is 0. The maximum atomic E-state index is 5.94. The monoisotopic (exact) mass is 544 g/mol. The number of hydrogen-bond acceptors (Lipinski definition) is 2. The molecule has 4 aromatic rings. The lowest BCUT2D eigenvalue weighted by atomic mass is 9.96. The Hall–Kier alpha value is -2.96. The van der Waals surface area contributed by atoms with Crippen LogP contribution in [-0.2, 0) is 0 Å². The van der Waals surface area contributed by atoms with Gasteiger partial charge in [0.25, 0.3) is 0 Å². The minimum atomic E-state index is -0.0698. The third-order valence-corrected chi connectivity index (χ3v) is 8.17. The van der Waals surface area contributed by atoms with Gasteiger partial charge in [0.05, 0.1) is 23.5 Å². The topological polar surface area (TPSA) is 33.1 Å². The van der Waals surface area contributed by atoms with Gasteiger partial charge in [0.2, 0.25) is 0 Å². The van der Waals surface area contributed by atoms with E-state index < -0.39 is 0 Å². The van der Waals surface area contributed by atoms with Crippen LogP contribution in [0.2, 0.25) is 0 Å². The number of thiocarbonyl (C=S) groups is 1. The molecule has 0 amide bonds. The lowest BCUT2D eigenvalue weighted by Gasteiger charge is -2.28. The number of aryl methyl sites for hydroxylation is 4. The molecular formula is C29H29BrN4S. The van der Waals surface area contributed by atoms with E-state index in [1.54, 1.807) is 0 Å².